The number of halogens is 1. The number of benzene rings is 2. The van der Waals surface area contributed by atoms with Gasteiger partial charge in [0.1, 0.15) is 0 Å². The average Bonchev–Trinajstić information content (AvgIpc) is 2.49. The Hall–Kier alpha value is -1.81. The van der Waals surface area contributed by atoms with E-state index >= 15 is 0 Å². The number of anilines is 1. The minimum Gasteiger partial charge on any atom is -0.469 e. The summed E-state index contributed by atoms with van der Waals surface area (Å²) in [6, 6.07) is 17.6. The molecule has 104 valence electrons. The molecule has 0 aliphatic rings. The fraction of sp³-hybridized carbons (Fsp3) is 0.188. The number of ether oxygens (including phenoxy) is 1. The van der Waals surface area contributed by atoms with Crippen LogP contribution < -0.4 is 5.32 Å². The molecule has 0 aliphatic heterocycles. The number of carbonyl (C=O) groups excluding carboxylic acids is 1. The van der Waals surface area contributed by atoms with Gasteiger partial charge in [0, 0.05) is 10.2 Å². The highest BCUT2D eigenvalue weighted by Crippen LogP contribution is 2.24. The lowest BCUT2D eigenvalue weighted by molar-refractivity contribution is -0.140. The van der Waals surface area contributed by atoms with Gasteiger partial charge in [-0.25, -0.2) is 0 Å². The van der Waals surface area contributed by atoms with Crippen LogP contribution in [0.25, 0.3) is 0 Å². The molecule has 0 radical (unpaired) electrons. The molecule has 0 bridgehead atoms. The number of nitrogens with one attached hydrogen (secondary N) is 1. The predicted molar refractivity (Wildman–Crippen MR) is 83.6 cm³/mol. The number of carbonyl (C=O) groups is 1. The van der Waals surface area contributed by atoms with Crippen LogP contribution in [0, 0.1) is 0 Å². The maximum Gasteiger partial charge on any atom is 0.307 e. The molecule has 0 unspecified atom stereocenters. The zero-order valence-electron chi connectivity index (χ0n) is 11.2. The predicted octanol–water partition coefficient (Wildman–Crippen LogP) is 4.17. The van der Waals surface area contributed by atoms with Crippen molar-refractivity contribution in [1.29, 1.82) is 0 Å². The van der Waals surface area contributed by atoms with Crippen LogP contribution in [-0.4, -0.2) is 13.1 Å². The molecular formula is C16H16BrNO2. The number of hydrogen-bond donors (Lipinski definition) is 1. The highest BCUT2D eigenvalue weighted by Gasteiger charge is 2.16. The molecule has 0 amide bonds. The Kier molecular flexibility index (Phi) is 5.18. The molecule has 0 aromatic heterocycles. The molecule has 20 heavy (non-hydrogen) atoms. The third kappa shape index (κ3) is 4.10. The Bertz CT molecular complexity index is 554. The third-order valence-corrected chi connectivity index (χ3v) is 3.51. The second-order valence-corrected chi connectivity index (χ2v) is 5.31. The van der Waals surface area contributed by atoms with E-state index in [0.29, 0.717) is 0 Å². The summed E-state index contributed by atoms with van der Waals surface area (Å²) in [5.41, 5.74) is 2.02. The second-order valence-electron chi connectivity index (χ2n) is 4.39. The first-order valence-corrected chi connectivity index (χ1v) is 7.12. The SMILES string of the molecule is COC(=O)C[C@@H](Nc1ccc(Br)cc1)c1ccccc1. The van der Waals surface area contributed by atoms with Gasteiger partial charge in [-0.1, -0.05) is 46.3 Å². The standard InChI is InChI=1S/C16H16BrNO2/c1-20-16(19)11-15(12-5-3-2-4-6-12)18-14-9-7-13(17)8-10-14/h2-10,15,18H,11H2,1H3/t15-/m1/s1. The maximum atomic E-state index is 11.6. The van der Waals surface area contributed by atoms with E-state index in [4.69, 9.17) is 4.74 Å². The van der Waals surface area contributed by atoms with Crippen molar-refractivity contribution in [3.05, 3.63) is 64.6 Å². The van der Waals surface area contributed by atoms with Crippen LogP contribution in [0.15, 0.2) is 59.1 Å². The minimum atomic E-state index is -0.233. The molecule has 0 spiro atoms. The molecular weight excluding hydrogens is 318 g/mol. The van der Waals surface area contributed by atoms with Crippen LogP contribution in [-0.2, 0) is 9.53 Å². The molecule has 1 atom stereocenters. The number of hydrogen-bond acceptors (Lipinski definition) is 3. The topological polar surface area (TPSA) is 38.3 Å². The Morgan fingerprint density at radius 3 is 2.40 bits per heavy atom. The molecule has 1 N–H and O–H groups in total. The molecule has 0 saturated carbocycles. The summed E-state index contributed by atoms with van der Waals surface area (Å²) in [5.74, 6) is -0.233. The van der Waals surface area contributed by atoms with Crippen molar-refractivity contribution in [2.75, 3.05) is 12.4 Å². The van der Waals surface area contributed by atoms with Gasteiger partial charge in [-0.15, -0.1) is 0 Å². The fourth-order valence-electron chi connectivity index (χ4n) is 1.93. The van der Waals surface area contributed by atoms with Crippen LogP contribution in [0.5, 0.6) is 0 Å². The van der Waals surface area contributed by atoms with E-state index in [-0.39, 0.29) is 18.4 Å². The van der Waals surface area contributed by atoms with E-state index < -0.39 is 0 Å². The summed E-state index contributed by atoms with van der Waals surface area (Å²) in [6.07, 6.45) is 0.288. The van der Waals surface area contributed by atoms with Crippen molar-refractivity contribution in [3.8, 4) is 0 Å². The molecule has 2 rings (SSSR count). The van der Waals surface area contributed by atoms with Gasteiger partial charge in [-0.05, 0) is 29.8 Å². The summed E-state index contributed by atoms with van der Waals surface area (Å²) in [5, 5.41) is 3.37. The number of rotatable bonds is 5. The zero-order chi connectivity index (χ0) is 14.4. The lowest BCUT2D eigenvalue weighted by atomic mass is 10.0. The zero-order valence-corrected chi connectivity index (χ0v) is 12.8. The molecule has 3 nitrogen and oxygen atoms in total. The fourth-order valence-corrected chi connectivity index (χ4v) is 2.20. The van der Waals surface area contributed by atoms with Crippen LogP contribution >= 0.6 is 15.9 Å². The third-order valence-electron chi connectivity index (χ3n) is 2.99. The Labute approximate surface area is 127 Å². The summed E-state index contributed by atoms with van der Waals surface area (Å²) >= 11 is 3.41. The highest BCUT2D eigenvalue weighted by molar-refractivity contribution is 9.10. The van der Waals surface area contributed by atoms with Crippen molar-refractivity contribution in [1.82, 2.24) is 0 Å². The largest absolute Gasteiger partial charge is 0.469 e. The van der Waals surface area contributed by atoms with Gasteiger partial charge >= 0.3 is 5.97 Å². The van der Waals surface area contributed by atoms with Crippen molar-refractivity contribution in [2.45, 2.75) is 12.5 Å². The van der Waals surface area contributed by atoms with Crippen LogP contribution in [0.3, 0.4) is 0 Å². The van der Waals surface area contributed by atoms with Crippen molar-refractivity contribution < 1.29 is 9.53 Å². The van der Waals surface area contributed by atoms with E-state index in [2.05, 4.69) is 21.2 Å². The Balaban J connectivity index is 2.18. The first kappa shape index (κ1) is 14.6. The van der Waals surface area contributed by atoms with Gasteiger partial charge in [0.15, 0.2) is 0 Å². The summed E-state index contributed by atoms with van der Waals surface area (Å²) in [7, 11) is 1.41. The first-order chi connectivity index (χ1) is 9.69. The Morgan fingerprint density at radius 2 is 1.80 bits per heavy atom. The summed E-state index contributed by atoms with van der Waals surface area (Å²) < 4.78 is 5.79. The molecule has 0 saturated heterocycles. The van der Waals surface area contributed by atoms with Crippen molar-refractivity contribution in [3.63, 3.8) is 0 Å². The second kappa shape index (κ2) is 7.10. The lowest BCUT2D eigenvalue weighted by Crippen LogP contribution is -2.16. The van der Waals surface area contributed by atoms with Gasteiger partial charge in [0.2, 0.25) is 0 Å². The summed E-state index contributed by atoms with van der Waals surface area (Å²) in [6.45, 7) is 0. The van der Waals surface area contributed by atoms with Gasteiger partial charge < -0.3 is 10.1 Å². The average molecular weight is 334 g/mol. The van der Waals surface area contributed by atoms with Crippen molar-refractivity contribution in [2.24, 2.45) is 0 Å². The van der Waals surface area contributed by atoms with E-state index in [1.165, 1.54) is 7.11 Å². The highest BCUT2D eigenvalue weighted by atomic mass is 79.9. The van der Waals surface area contributed by atoms with E-state index in [1.54, 1.807) is 0 Å². The van der Waals surface area contributed by atoms with E-state index in [1.807, 2.05) is 54.6 Å². The van der Waals surface area contributed by atoms with Crippen molar-refractivity contribution >= 4 is 27.6 Å². The monoisotopic (exact) mass is 333 g/mol. The quantitative estimate of drug-likeness (QED) is 0.834. The van der Waals surface area contributed by atoms with E-state index in [0.717, 1.165) is 15.7 Å². The molecule has 4 heteroatoms. The smallest absolute Gasteiger partial charge is 0.307 e. The molecule has 2 aromatic carbocycles. The lowest BCUT2D eigenvalue weighted by Gasteiger charge is -2.19. The van der Waals surface area contributed by atoms with Gasteiger partial charge in [-0.3, -0.25) is 4.79 Å². The molecule has 0 aliphatic carbocycles. The van der Waals surface area contributed by atoms with Gasteiger partial charge in [-0.2, -0.15) is 0 Å². The van der Waals surface area contributed by atoms with Gasteiger partial charge in [0.05, 0.1) is 19.6 Å². The normalized spacial score (nSPS) is 11.7. The van der Waals surface area contributed by atoms with E-state index in [9.17, 15) is 4.79 Å². The number of methoxy groups -OCH3 is 1. The first-order valence-electron chi connectivity index (χ1n) is 6.33. The van der Waals surface area contributed by atoms with Crippen LogP contribution in [0.2, 0.25) is 0 Å². The minimum absolute atomic E-state index is 0.107. The van der Waals surface area contributed by atoms with Crippen LogP contribution in [0.1, 0.15) is 18.0 Å². The summed E-state index contributed by atoms with van der Waals surface area (Å²) in [4.78, 5) is 11.6. The Morgan fingerprint density at radius 1 is 1.15 bits per heavy atom. The molecule has 2 aromatic rings. The van der Waals surface area contributed by atoms with Crippen LogP contribution in [0.4, 0.5) is 5.69 Å². The number of esters is 1. The molecule has 0 heterocycles. The molecule has 0 fully saturated rings. The van der Waals surface area contributed by atoms with Gasteiger partial charge in [0.25, 0.3) is 0 Å². The maximum absolute atomic E-state index is 11.6.